The number of rotatable bonds is 11. The third kappa shape index (κ3) is 7.54. The molecule has 0 radical (unpaired) electrons. The highest BCUT2D eigenvalue weighted by Gasteiger charge is 2.31. The summed E-state index contributed by atoms with van der Waals surface area (Å²) in [5.74, 6) is -0.0885. The Morgan fingerprint density at radius 3 is 2.32 bits per heavy atom. The molecule has 0 saturated heterocycles. The highest BCUT2D eigenvalue weighted by atomic mass is 35.5. The number of nitrogens with one attached hydrogen (secondary N) is 1. The number of nitrogens with zero attached hydrogens (tertiary/aromatic N) is 2. The number of halogens is 1. The highest BCUT2D eigenvalue weighted by Crippen LogP contribution is 2.32. The van der Waals surface area contributed by atoms with Gasteiger partial charge in [0.15, 0.2) is 11.5 Å². The Hall–Kier alpha value is -2.98. The summed E-state index contributed by atoms with van der Waals surface area (Å²) in [5.41, 5.74) is 0.882. The van der Waals surface area contributed by atoms with Gasteiger partial charge in [-0.1, -0.05) is 49.1 Å². The number of methoxy groups -OCH3 is 2. The van der Waals surface area contributed by atoms with Crippen LogP contribution >= 0.6 is 11.6 Å². The summed E-state index contributed by atoms with van der Waals surface area (Å²) in [6, 6.07) is 10.9. The molecule has 1 saturated carbocycles. The number of anilines is 1. The molecule has 3 rings (SSSR count). The fraction of sp³-hybridized carbons (Fsp3) is 0.481. The first-order valence-corrected chi connectivity index (χ1v) is 14.8. The summed E-state index contributed by atoms with van der Waals surface area (Å²) in [6.45, 7) is 1.18. The lowest BCUT2D eigenvalue weighted by Gasteiger charge is -2.33. The van der Waals surface area contributed by atoms with Crippen LogP contribution < -0.4 is 19.1 Å². The standard InChI is InChI=1S/C27H36ClN3O6S/c1-19(27(33)29-21-11-6-5-7-12-21)30(17-20-10-8-9-13-23(20)28)26(32)18-31(38(4,34)35)22-14-15-24(36-2)25(16-22)37-3/h8-10,13-16,19,21H,5-7,11-12,17-18H2,1-4H3,(H,29,33). The Kier molecular flexibility index (Phi) is 10.3. The zero-order chi connectivity index (χ0) is 27.9. The average Bonchev–Trinajstić information content (AvgIpc) is 2.90. The van der Waals surface area contributed by atoms with Crippen molar-refractivity contribution in [2.24, 2.45) is 0 Å². The van der Waals surface area contributed by atoms with E-state index < -0.39 is 28.5 Å². The van der Waals surface area contributed by atoms with Crippen molar-refractivity contribution < 1.29 is 27.5 Å². The molecule has 1 N–H and O–H groups in total. The molecular weight excluding hydrogens is 530 g/mol. The van der Waals surface area contributed by atoms with Crippen molar-refractivity contribution in [3.63, 3.8) is 0 Å². The van der Waals surface area contributed by atoms with Crippen LogP contribution in [0.25, 0.3) is 0 Å². The van der Waals surface area contributed by atoms with Crippen molar-refractivity contribution >= 4 is 39.1 Å². The molecule has 1 aliphatic rings. The van der Waals surface area contributed by atoms with Crippen LogP contribution in [0.3, 0.4) is 0 Å². The number of carbonyl (C=O) groups is 2. The summed E-state index contributed by atoms with van der Waals surface area (Å²) in [5, 5.41) is 3.52. The molecule has 0 aliphatic heterocycles. The first-order valence-electron chi connectivity index (χ1n) is 12.6. The van der Waals surface area contributed by atoms with Crippen LogP contribution in [0.15, 0.2) is 42.5 Å². The zero-order valence-electron chi connectivity index (χ0n) is 22.3. The highest BCUT2D eigenvalue weighted by molar-refractivity contribution is 7.92. The molecule has 38 heavy (non-hydrogen) atoms. The van der Waals surface area contributed by atoms with E-state index in [4.69, 9.17) is 21.1 Å². The average molecular weight is 566 g/mol. The Morgan fingerprint density at radius 1 is 1.05 bits per heavy atom. The second kappa shape index (κ2) is 13.2. The lowest BCUT2D eigenvalue weighted by atomic mass is 9.95. The number of sulfonamides is 1. The fourth-order valence-corrected chi connectivity index (χ4v) is 5.59. The Labute approximate surface area is 230 Å². The van der Waals surface area contributed by atoms with Crippen molar-refractivity contribution in [1.82, 2.24) is 10.2 Å². The molecule has 1 unspecified atom stereocenters. The molecule has 1 atom stereocenters. The van der Waals surface area contributed by atoms with Crippen molar-refractivity contribution in [1.29, 1.82) is 0 Å². The van der Waals surface area contributed by atoms with Gasteiger partial charge >= 0.3 is 0 Å². The molecule has 2 aromatic rings. The third-order valence-electron chi connectivity index (χ3n) is 6.75. The second-order valence-corrected chi connectivity index (χ2v) is 11.8. The molecule has 0 aromatic heterocycles. The molecule has 0 heterocycles. The van der Waals surface area contributed by atoms with Gasteiger partial charge in [0, 0.05) is 23.7 Å². The van der Waals surface area contributed by atoms with Crippen molar-refractivity contribution in [3.8, 4) is 11.5 Å². The van der Waals surface area contributed by atoms with Gasteiger partial charge in [-0.3, -0.25) is 13.9 Å². The van der Waals surface area contributed by atoms with Gasteiger partial charge in [0.25, 0.3) is 0 Å². The van der Waals surface area contributed by atoms with Gasteiger partial charge in [0.05, 0.1) is 26.2 Å². The zero-order valence-corrected chi connectivity index (χ0v) is 23.8. The summed E-state index contributed by atoms with van der Waals surface area (Å²) in [4.78, 5) is 28.4. The number of amides is 2. The van der Waals surface area contributed by atoms with Gasteiger partial charge in [0.2, 0.25) is 21.8 Å². The number of carbonyl (C=O) groups excluding carboxylic acids is 2. The fourth-order valence-electron chi connectivity index (χ4n) is 4.56. The number of ether oxygens (including phenoxy) is 2. The molecule has 11 heteroatoms. The summed E-state index contributed by atoms with van der Waals surface area (Å²) in [7, 11) is -0.964. The minimum absolute atomic E-state index is 0.0430. The Bertz CT molecular complexity index is 1230. The number of hydrogen-bond acceptors (Lipinski definition) is 6. The Balaban J connectivity index is 1.91. The number of benzene rings is 2. The maximum Gasteiger partial charge on any atom is 0.244 e. The van der Waals surface area contributed by atoms with Gasteiger partial charge in [-0.25, -0.2) is 8.42 Å². The SMILES string of the molecule is COc1ccc(N(CC(=O)N(Cc2ccccc2Cl)C(C)C(=O)NC2CCCCC2)S(C)(=O)=O)cc1OC. The minimum atomic E-state index is -3.88. The van der Waals surface area contributed by atoms with E-state index in [2.05, 4.69) is 5.32 Å². The van der Waals surface area contributed by atoms with Crippen LogP contribution in [0.5, 0.6) is 11.5 Å². The van der Waals surface area contributed by atoms with E-state index in [-0.39, 0.29) is 24.2 Å². The smallest absolute Gasteiger partial charge is 0.244 e. The normalized spacial score (nSPS) is 14.9. The van der Waals surface area contributed by atoms with E-state index in [1.807, 2.05) is 0 Å². The van der Waals surface area contributed by atoms with Crippen LogP contribution in [-0.4, -0.2) is 64.2 Å². The topological polar surface area (TPSA) is 105 Å². The Morgan fingerprint density at radius 2 is 1.71 bits per heavy atom. The van der Waals surface area contributed by atoms with E-state index in [1.165, 1.54) is 31.3 Å². The quantitative estimate of drug-likeness (QED) is 0.442. The maximum absolute atomic E-state index is 13.7. The van der Waals surface area contributed by atoms with Crippen LogP contribution in [0, 0.1) is 0 Å². The monoisotopic (exact) mass is 565 g/mol. The van der Waals surface area contributed by atoms with Crippen molar-refractivity contribution in [2.75, 3.05) is 31.3 Å². The van der Waals surface area contributed by atoms with Gasteiger partial charge in [-0.15, -0.1) is 0 Å². The molecule has 2 amide bonds. The van der Waals surface area contributed by atoms with Gasteiger partial charge in [-0.2, -0.15) is 0 Å². The van der Waals surface area contributed by atoms with Crippen LogP contribution in [-0.2, 0) is 26.2 Å². The van der Waals surface area contributed by atoms with Gasteiger partial charge < -0.3 is 19.7 Å². The summed E-state index contributed by atoms with van der Waals surface area (Å²) in [6.07, 6.45) is 6.08. The first kappa shape index (κ1) is 29.6. The van der Waals surface area contributed by atoms with E-state index in [0.717, 1.165) is 42.7 Å². The molecule has 0 bridgehead atoms. The van der Waals surface area contributed by atoms with Crippen LogP contribution in [0.1, 0.15) is 44.6 Å². The van der Waals surface area contributed by atoms with E-state index in [1.54, 1.807) is 37.3 Å². The molecule has 1 fully saturated rings. The largest absolute Gasteiger partial charge is 0.493 e. The molecule has 1 aliphatic carbocycles. The molecular formula is C27H36ClN3O6S. The summed E-state index contributed by atoms with van der Waals surface area (Å²) < 4.78 is 37.2. The number of hydrogen-bond donors (Lipinski definition) is 1. The maximum atomic E-state index is 13.7. The van der Waals surface area contributed by atoms with Crippen molar-refractivity contribution in [3.05, 3.63) is 53.1 Å². The van der Waals surface area contributed by atoms with Gasteiger partial charge in [-0.05, 0) is 43.5 Å². The predicted octanol–water partition coefficient (Wildman–Crippen LogP) is 3.99. The lowest BCUT2D eigenvalue weighted by Crippen LogP contribution is -2.53. The first-order chi connectivity index (χ1) is 18.0. The predicted molar refractivity (Wildman–Crippen MR) is 148 cm³/mol. The second-order valence-electron chi connectivity index (χ2n) is 9.44. The summed E-state index contributed by atoms with van der Waals surface area (Å²) >= 11 is 6.38. The van der Waals surface area contributed by atoms with Crippen LogP contribution in [0.4, 0.5) is 5.69 Å². The van der Waals surface area contributed by atoms with Crippen LogP contribution in [0.2, 0.25) is 5.02 Å². The van der Waals surface area contributed by atoms with E-state index in [9.17, 15) is 18.0 Å². The van der Waals surface area contributed by atoms with Gasteiger partial charge in [0.1, 0.15) is 12.6 Å². The van der Waals surface area contributed by atoms with E-state index in [0.29, 0.717) is 22.1 Å². The molecule has 208 valence electrons. The lowest BCUT2D eigenvalue weighted by molar-refractivity contribution is -0.139. The van der Waals surface area contributed by atoms with E-state index >= 15 is 0 Å². The molecule has 0 spiro atoms. The third-order valence-corrected chi connectivity index (χ3v) is 8.26. The molecule has 9 nitrogen and oxygen atoms in total. The minimum Gasteiger partial charge on any atom is -0.493 e. The van der Waals surface area contributed by atoms with Crippen molar-refractivity contribution in [2.45, 2.75) is 57.7 Å². The molecule has 2 aromatic carbocycles.